The van der Waals surface area contributed by atoms with Gasteiger partial charge in [0.25, 0.3) is 0 Å². The second-order valence-corrected chi connectivity index (χ2v) is 6.86. The lowest BCUT2D eigenvalue weighted by Gasteiger charge is -2.23. The van der Waals surface area contributed by atoms with Crippen molar-refractivity contribution in [2.75, 3.05) is 11.9 Å². The highest BCUT2D eigenvalue weighted by molar-refractivity contribution is 6.30. The molecule has 5 nitrogen and oxygen atoms in total. The smallest absolute Gasteiger partial charge is 0.417 e. The molecule has 0 bridgehead atoms. The minimum Gasteiger partial charge on any atom is -0.490 e. The molecule has 1 atom stereocenters. The van der Waals surface area contributed by atoms with E-state index in [1.165, 1.54) is 25.1 Å². The van der Waals surface area contributed by atoms with E-state index in [1.807, 2.05) is 0 Å². The summed E-state index contributed by atoms with van der Waals surface area (Å²) < 4.78 is 57.6. The number of halogens is 5. The number of carbonyl (C=O) groups is 1. The molecule has 0 aliphatic carbocycles. The molecule has 0 heterocycles. The maximum atomic E-state index is 13.4. The van der Waals surface area contributed by atoms with Crippen LogP contribution < -0.4 is 10.1 Å². The number of rotatable bonds is 6. The van der Waals surface area contributed by atoms with Crippen molar-refractivity contribution in [3.8, 4) is 11.8 Å². The van der Waals surface area contributed by atoms with Gasteiger partial charge in [0.1, 0.15) is 23.8 Å². The average molecular weight is 431 g/mol. The lowest BCUT2D eigenvalue weighted by molar-refractivity contribution is -0.137. The first-order valence-corrected chi connectivity index (χ1v) is 8.50. The largest absolute Gasteiger partial charge is 0.490 e. The molecular weight excluding hydrogens is 416 g/mol. The maximum absolute atomic E-state index is 13.4. The summed E-state index contributed by atoms with van der Waals surface area (Å²) in [7, 11) is 0. The predicted molar refractivity (Wildman–Crippen MR) is 96.9 cm³/mol. The van der Waals surface area contributed by atoms with Crippen molar-refractivity contribution in [1.82, 2.24) is 0 Å². The van der Waals surface area contributed by atoms with Crippen LogP contribution in [-0.2, 0) is 11.0 Å². The van der Waals surface area contributed by atoms with E-state index in [0.717, 1.165) is 18.2 Å². The Morgan fingerprint density at radius 1 is 1.28 bits per heavy atom. The highest BCUT2D eigenvalue weighted by Crippen LogP contribution is 2.33. The number of hydrogen-bond acceptors (Lipinski definition) is 4. The van der Waals surface area contributed by atoms with Gasteiger partial charge in [-0.1, -0.05) is 11.6 Å². The van der Waals surface area contributed by atoms with Crippen LogP contribution in [0, 0.1) is 17.1 Å². The molecule has 0 aromatic heterocycles. The first-order chi connectivity index (χ1) is 13.4. The summed E-state index contributed by atoms with van der Waals surface area (Å²) >= 11 is 5.55. The molecule has 2 rings (SSSR count). The zero-order valence-corrected chi connectivity index (χ0v) is 15.7. The number of amides is 1. The number of anilines is 1. The molecule has 29 heavy (non-hydrogen) atoms. The third-order valence-electron chi connectivity index (χ3n) is 3.71. The van der Waals surface area contributed by atoms with Gasteiger partial charge in [0.15, 0.2) is 0 Å². The van der Waals surface area contributed by atoms with E-state index >= 15 is 0 Å². The summed E-state index contributed by atoms with van der Waals surface area (Å²) in [5.41, 5.74) is -3.64. The number of nitriles is 1. The molecule has 2 aromatic carbocycles. The predicted octanol–water partition coefficient (Wildman–Crippen LogP) is 4.53. The fourth-order valence-corrected chi connectivity index (χ4v) is 2.48. The van der Waals surface area contributed by atoms with Crippen molar-refractivity contribution in [3.05, 3.63) is 58.4 Å². The Kier molecular flexibility index (Phi) is 6.72. The van der Waals surface area contributed by atoms with Gasteiger partial charge < -0.3 is 15.2 Å². The molecule has 2 N–H and O–H groups in total. The Labute approximate surface area is 168 Å². The van der Waals surface area contributed by atoms with Gasteiger partial charge in [0, 0.05) is 11.8 Å². The minimum absolute atomic E-state index is 0.0782. The number of nitrogens with zero attached hydrogens (tertiary/aromatic N) is 1. The molecule has 0 radical (unpaired) electrons. The Morgan fingerprint density at radius 2 is 1.97 bits per heavy atom. The monoisotopic (exact) mass is 430 g/mol. The van der Waals surface area contributed by atoms with Crippen molar-refractivity contribution in [2.45, 2.75) is 25.1 Å². The van der Waals surface area contributed by atoms with Gasteiger partial charge in [0.05, 0.1) is 28.6 Å². The van der Waals surface area contributed by atoms with E-state index in [2.05, 4.69) is 5.32 Å². The van der Waals surface area contributed by atoms with Gasteiger partial charge in [-0.25, -0.2) is 4.39 Å². The summed E-state index contributed by atoms with van der Waals surface area (Å²) in [5.74, 6) is -1.42. The Hall–Kier alpha value is -2.83. The molecule has 10 heteroatoms. The summed E-state index contributed by atoms with van der Waals surface area (Å²) in [4.78, 5) is 12.1. The van der Waals surface area contributed by atoms with Crippen LogP contribution in [-0.4, -0.2) is 23.2 Å². The van der Waals surface area contributed by atoms with Crippen molar-refractivity contribution in [3.63, 3.8) is 0 Å². The Morgan fingerprint density at radius 3 is 2.55 bits per heavy atom. The summed E-state index contributed by atoms with van der Waals surface area (Å²) in [5, 5.41) is 21.2. The van der Waals surface area contributed by atoms with Gasteiger partial charge in [-0.2, -0.15) is 18.4 Å². The van der Waals surface area contributed by atoms with E-state index in [9.17, 15) is 27.5 Å². The van der Waals surface area contributed by atoms with Gasteiger partial charge in [-0.15, -0.1) is 0 Å². The van der Waals surface area contributed by atoms with Gasteiger partial charge in [-0.05, 0) is 37.3 Å². The number of nitrogens with one attached hydrogen (secondary N) is 1. The van der Waals surface area contributed by atoms with Crippen LogP contribution in [0.1, 0.15) is 24.5 Å². The second kappa shape index (κ2) is 8.68. The topological polar surface area (TPSA) is 82.3 Å². The maximum Gasteiger partial charge on any atom is 0.417 e. The van der Waals surface area contributed by atoms with Gasteiger partial charge in [0.2, 0.25) is 5.91 Å². The molecule has 2 aromatic rings. The van der Waals surface area contributed by atoms with Gasteiger partial charge >= 0.3 is 6.18 Å². The highest BCUT2D eigenvalue weighted by atomic mass is 35.5. The quantitative estimate of drug-likeness (QED) is 0.660. The van der Waals surface area contributed by atoms with Crippen LogP contribution in [0.4, 0.5) is 23.2 Å². The molecule has 0 aliphatic heterocycles. The number of ether oxygens (including phenoxy) is 1. The Bertz CT molecular complexity index is 955. The first kappa shape index (κ1) is 22.5. The number of carbonyl (C=O) groups excluding carboxylic acids is 1. The lowest BCUT2D eigenvalue weighted by atomic mass is 10.0. The third kappa shape index (κ3) is 6.34. The molecular formula is C19H15ClF4N2O3. The zero-order chi connectivity index (χ0) is 21.8. The summed E-state index contributed by atoms with van der Waals surface area (Å²) in [6.45, 7) is 0.890. The van der Waals surface area contributed by atoms with E-state index < -0.39 is 41.0 Å². The van der Waals surface area contributed by atoms with Crippen LogP contribution in [0.15, 0.2) is 36.4 Å². The number of hydrogen-bond donors (Lipinski definition) is 2. The highest BCUT2D eigenvalue weighted by Gasteiger charge is 2.34. The van der Waals surface area contributed by atoms with Crippen LogP contribution in [0.5, 0.6) is 5.75 Å². The van der Waals surface area contributed by atoms with Crippen molar-refractivity contribution >= 4 is 23.2 Å². The second-order valence-electron chi connectivity index (χ2n) is 6.46. The minimum atomic E-state index is -4.76. The average Bonchev–Trinajstić information content (AvgIpc) is 2.61. The molecule has 1 unspecified atom stereocenters. The number of benzene rings is 2. The summed E-state index contributed by atoms with van der Waals surface area (Å²) in [6, 6.07) is 7.80. The molecule has 0 saturated heterocycles. The lowest BCUT2D eigenvalue weighted by Crippen LogP contribution is -2.36. The fourth-order valence-electron chi connectivity index (χ4n) is 2.36. The van der Waals surface area contributed by atoms with E-state index in [-0.39, 0.29) is 23.1 Å². The van der Waals surface area contributed by atoms with Crippen LogP contribution in [0.3, 0.4) is 0 Å². The van der Waals surface area contributed by atoms with Crippen LogP contribution in [0.2, 0.25) is 5.02 Å². The molecule has 154 valence electrons. The molecule has 0 saturated carbocycles. The first-order valence-electron chi connectivity index (χ1n) is 8.13. The SMILES string of the molecule is CC(O)(COc1ccc(Cl)c(F)c1)CC(=O)Nc1ccc(C#N)c(C(F)(F)F)c1. The zero-order valence-electron chi connectivity index (χ0n) is 15.0. The molecule has 0 spiro atoms. The van der Waals surface area contributed by atoms with E-state index in [4.69, 9.17) is 21.6 Å². The Balaban J connectivity index is 2.02. The van der Waals surface area contributed by atoms with Gasteiger partial charge in [-0.3, -0.25) is 4.79 Å². The van der Waals surface area contributed by atoms with E-state index in [1.54, 1.807) is 0 Å². The molecule has 0 aliphatic rings. The van der Waals surface area contributed by atoms with Crippen molar-refractivity contribution < 1.29 is 32.2 Å². The number of alkyl halides is 3. The molecule has 1 amide bonds. The standard InChI is InChI=1S/C19H15ClF4N2O3/c1-18(28,10-29-13-4-5-15(20)16(21)7-13)8-17(27)26-12-3-2-11(9-25)14(6-12)19(22,23)24/h2-7,28H,8,10H2,1H3,(H,26,27). The van der Waals surface area contributed by atoms with Crippen molar-refractivity contribution in [1.29, 1.82) is 5.26 Å². The normalized spacial score (nSPS) is 13.3. The molecule has 0 fully saturated rings. The van der Waals surface area contributed by atoms with Crippen LogP contribution >= 0.6 is 11.6 Å². The fraction of sp³-hybridized carbons (Fsp3) is 0.263. The summed E-state index contributed by atoms with van der Waals surface area (Å²) in [6.07, 6.45) is -5.27. The van der Waals surface area contributed by atoms with Crippen molar-refractivity contribution in [2.24, 2.45) is 0 Å². The number of aliphatic hydroxyl groups is 1. The third-order valence-corrected chi connectivity index (χ3v) is 4.02. The van der Waals surface area contributed by atoms with Crippen LogP contribution in [0.25, 0.3) is 0 Å². The van der Waals surface area contributed by atoms with E-state index in [0.29, 0.717) is 6.07 Å².